The zero-order valence-corrected chi connectivity index (χ0v) is 16.3. The van der Waals surface area contributed by atoms with E-state index in [1.54, 1.807) is 12.1 Å². The molecule has 0 heterocycles. The Hall–Kier alpha value is -1.11. The molecule has 0 aliphatic heterocycles. The Balaban J connectivity index is 2.97. The van der Waals surface area contributed by atoms with Gasteiger partial charge in [0.25, 0.3) is 0 Å². The van der Waals surface area contributed by atoms with Crippen molar-refractivity contribution < 1.29 is 13.2 Å². The van der Waals surface area contributed by atoms with Gasteiger partial charge in [-0.1, -0.05) is 27.7 Å². The molecule has 136 valence electrons. The Kier molecular flexibility index (Phi) is 8.19. The maximum Gasteiger partial charge on any atom is 0.243 e. The minimum Gasteiger partial charge on any atom is -0.326 e. The lowest BCUT2D eigenvalue weighted by Crippen LogP contribution is -2.37. The highest BCUT2D eigenvalue weighted by Crippen LogP contribution is 2.21. The highest BCUT2D eigenvalue weighted by molar-refractivity contribution is 7.89. The van der Waals surface area contributed by atoms with Gasteiger partial charge < -0.3 is 5.32 Å². The SMILES string of the molecule is CC(C)CN(CC(C)C)S(=O)(=O)c1ccc(NC(=O)CCCl)cc1. The molecule has 1 aromatic rings. The number of amides is 1. The van der Waals surface area contributed by atoms with E-state index in [2.05, 4.69) is 5.32 Å². The van der Waals surface area contributed by atoms with Crippen LogP contribution in [-0.4, -0.2) is 37.6 Å². The van der Waals surface area contributed by atoms with Gasteiger partial charge in [-0.3, -0.25) is 4.79 Å². The maximum absolute atomic E-state index is 12.9. The number of hydrogen-bond acceptors (Lipinski definition) is 3. The van der Waals surface area contributed by atoms with E-state index < -0.39 is 10.0 Å². The summed E-state index contributed by atoms with van der Waals surface area (Å²) in [6.07, 6.45) is 0.220. The number of carbonyl (C=O) groups is 1. The van der Waals surface area contributed by atoms with Crippen molar-refractivity contribution in [2.45, 2.75) is 39.0 Å². The van der Waals surface area contributed by atoms with Crippen LogP contribution in [0, 0.1) is 11.8 Å². The van der Waals surface area contributed by atoms with Crippen molar-refractivity contribution in [1.29, 1.82) is 0 Å². The third-order valence-electron chi connectivity index (χ3n) is 3.23. The largest absolute Gasteiger partial charge is 0.326 e. The third-order valence-corrected chi connectivity index (χ3v) is 5.27. The molecule has 0 fully saturated rings. The summed E-state index contributed by atoms with van der Waals surface area (Å²) in [6.45, 7) is 8.96. The second-order valence-electron chi connectivity index (χ2n) is 6.62. The lowest BCUT2D eigenvalue weighted by molar-refractivity contribution is -0.115. The molecule has 0 bridgehead atoms. The first kappa shape index (κ1) is 20.9. The molecular formula is C17H27ClN2O3S. The summed E-state index contributed by atoms with van der Waals surface area (Å²) in [5.41, 5.74) is 0.559. The molecule has 0 aliphatic rings. The first-order chi connectivity index (χ1) is 11.2. The van der Waals surface area contributed by atoms with Crippen LogP contribution in [0.25, 0.3) is 0 Å². The van der Waals surface area contributed by atoms with E-state index in [-0.39, 0.29) is 34.9 Å². The van der Waals surface area contributed by atoms with Crippen LogP contribution in [0.2, 0.25) is 0 Å². The van der Waals surface area contributed by atoms with E-state index in [1.165, 1.54) is 16.4 Å². The summed E-state index contributed by atoms with van der Waals surface area (Å²) < 4.78 is 27.3. The van der Waals surface area contributed by atoms with Crippen molar-refractivity contribution in [2.24, 2.45) is 11.8 Å². The number of benzene rings is 1. The lowest BCUT2D eigenvalue weighted by Gasteiger charge is -2.25. The first-order valence-corrected chi connectivity index (χ1v) is 10.1. The van der Waals surface area contributed by atoms with Gasteiger partial charge in [0.05, 0.1) is 4.90 Å². The van der Waals surface area contributed by atoms with Crippen molar-refractivity contribution in [3.63, 3.8) is 0 Å². The molecule has 1 N–H and O–H groups in total. The van der Waals surface area contributed by atoms with Gasteiger partial charge >= 0.3 is 0 Å². The predicted octanol–water partition coefficient (Wildman–Crippen LogP) is 3.56. The van der Waals surface area contributed by atoms with Crippen LogP contribution in [0.15, 0.2) is 29.2 Å². The highest BCUT2D eigenvalue weighted by atomic mass is 35.5. The first-order valence-electron chi connectivity index (χ1n) is 8.12. The summed E-state index contributed by atoms with van der Waals surface area (Å²) in [4.78, 5) is 11.8. The topological polar surface area (TPSA) is 66.5 Å². The molecule has 0 radical (unpaired) electrons. The van der Waals surface area contributed by atoms with Crippen molar-refractivity contribution >= 4 is 33.2 Å². The summed E-state index contributed by atoms with van der Waals surface area (Å²) >= 11 is 5.52. The van der Waals surface area contributed by atoms with E-state index in [1.807, 2.05) is 27.7 Å². The van der Waals surface area contributed by atoms with Gasteiger partial charge in [0.15, 0.2) is 0 Å². The number of rotatable bonds is 9. The van der Waals surface area contributed by atoms with Crippen LogP contribution in [0.3, 0.4) is 0 Å². The number of nitrogens with zero attached hydrogens (tertiary/aromatic N) is 1. The van der Waals surface area contributed by atoms with E-state index in [0.717, 1.165) is 0 Å². The molecule has 1 aromatic carbocycles. The molecule has 0 saturated carbocycles. The molecule has 0 aromatic heterocycles. The highest BCUT2D eigenvalue weighted by Gasteiger charge is 2.25. The second-order valence-corrected chi connectivity index (χ2v) is 8.94. The number of sulfonamides is 1. The zero-order chi connectivity index (χ0) is 18.3. The number of carbonyl (C=O) groups excluding carboxylic acids is 1. The fourth-order valence-corrected chi connectivity index (χ4v) is 4.19. The number of anilines is 1. The molecule has 0 aliphatic carbocycles. The third kappa shape index (κ3) is 6.42. The molecule has 7 heteroatoms. The minimum atomic E-state index is -3.55. The lowest BCUT2D eigenvalue weighted by atomic mass is 10.2. The van der Waals surface area contributed by atoms with Crippen LogP contribution >= 0.6 is 11.6 Å². The monoisotopic (exact) mass is 374 g/mol. The van der Waals surface area contributed by atoms with Crippen molar-refractivity contribution in [1.82, 2.24) is 4.31 Å². The average molecular weight is 375 g/mol. The zero-order valence-electron chi connectivity index (χ0n) is 14.8. The smallest absolute Gasteiger partial charge is 0.243 e. The van der Waals surface area contributed by atoms with Gasteiger partial charge in [0.1, 0.15) is 0 Å². The van der Waals surface area contributed by atoms with Crippen LogP contribution in [0.5, 0.6) is 0 Å². The van der Waals surface area contributed by atoms with Gasteiger partial charge in [-0.05, 0) is 36.1 Å². The van der Waals surface area contributed by atoms with Gasteiger partial charge in [-0.2, -0.15) is 4.31 Å². The Morgan fingerprint density at radius 1 is 1.08 bits per heavy atom. The van der Waals surface area contributed by atoms with Gasteiger partial charge in [0, 0.05) is 31.1 Å². The Morgan fingerprint density at radius 3 is 2.00 bits per heavy atom. The van der Waals surface area contributed by atoms with E-state index >= 15 is 0 Å². The van der Waals surface area contributed by atoms with Gasteiger partial charge in [0.2, 0.25) is 15.9 Å². The van der Waals surface area contributed by atoms with Crippen molar-refractivity contribution in [2.75, 3.05) is 24.3 Å². The van der Waals surface area contributed by atoms with Crippen molar-refractivity contribution in [3.8, 4) is 0 Å². The van der Waals surface area contributed by atoms with Crippen LogP contribution in [0.4, 0.5) is 5.69 Å². The molecule has 0 unspecified atom stereocenters. The molecule has 1 rings (SSSR count). The number of alkyl halides is 1. The fraction of sp³-hybridized carbons (Fsp3) is 0.588. The van der Waals surface area contributed by atoms with Crippen LogP contribution in [0.1, 0.15) is 34.1 Å². The maximum atomic E-state index is 12.9. The molecule has 5 nitrogen and oxygen atoms in total. The van der Waals surface area contributed by atoms with Gasteiger partial charge in [-0.15, -0.1) is 11.6 Å². The van der Waals surface area contributed by atoms with E-state index in [0.29, 0.717) is 18.8 Å². The number of nitrogens with one attached hydrogen (secondary N) is 1. The molecule has 0 atom stereocenters. The number of hydrogen-bond donors (Lipinski definition) is 1. The van der Waals surface area contributed by atoms with E-state index in [4.69, 9.17) is 11.6 Å². The Bertz CT molecular complexity index is 618. The summed E-state index contributed by atoms with van der Waals surface area (Å²) in [5.74, 6) is 0.541. The molecule has 1 amide bonds. The normalized spacial score (nSPS) is 12.2. The Morgan fingerprint density at radius 2 is 1.58 bits per heavy atom. The Labute approximate surface area is 150 Å². The number of halogens is 1. The van der Waals surface area contributed by atoms with Crippen LogP contribution in [-0.2, 0) is 14.8 Å². The summed E-state index contributed by atoms with van der Waals surface area (Å²) in [6, 6.07) is 6.25. The predicted molar refractivity (Wildman–Crippen MR) is 98.8 cm³/mol. The molecule has 0 spiro atoms. The summed E-state index contributed by atoms with van der Waals surface area (Å²) in [7, 11) is -3.55. The van der Waals surface area contributed by atoms with Crippen LogP contribution < -0.4 is 5.32 Å². The average Bonchev–Trinajstić information content (AvgIpc) is 2.46. The molecule has 24 heavy (non-hydrogen) atoms. The van der Waals surface area contributed by atoms with Gasteiger partial charge in [-0.25, -0.2) is 8.42 Å². The minimum absolute atomic E-state index is 0.193. The quantitative estimate of drug-likeness (QED) is 0.672. The molecule has 0 saturated heterocycles. The van der Waals surface area contributed by atoms with Crippen molar-refractivity contribution in [3.05, 3.63) is 24.3 Å². The standard InChI is InChI=1S/C17H27ClN2O3S/c1-13(2)11-20(12-14(3)4)24(22,23)16-7-5-15(6-8-16)19-17(21)9-10-18/h5-8,13-14H,9-12H2,1-4H3,(H,19,21). The van der Waals surface area contributed by atoms with E-state index in [9.17, 15) is 13.2 Å². The second kappa shape index (κ2) is 9.39. The fourth-order valence-electron chi connectivity index (χ4n) is 2.25. The molecular weight excluding hydrogens is 348 g/mol. The summed E-state index contributed by atoms with van der Waals surface area (Å²) in [5, 5.41) is 2.68.